The van der Waals surface area contributed by atoms with Crippen LogP contribution < -0.4 is 0 Å². The summed E-state index contributed by atoms with van der Waals surface area (Å²) in [7, 11) is 0. The Morgan fingerprint density at radius 2 is 2.17 bits per heavy atom. The van der Waals surface area contributed by atoms with Gasteiger partial charge in [0.25, 0.3) is 0 Å². The monoisotopic (exact) mass is 247 g/mol. The highest BCUT2D eigenvalue weighted by atomic mass is 16.5. The Morgan fingerprint density at radius 1 is 1.44 bits per heavy atom. The third-order valence-electron chi connectivity index (χ3n) is 2.60. The molecule has 0 saturated carbocycles. The zero-order valence-corrected chi connectivity index (χ0v) is 10.3. The summed E-state index contributed by atoms with van der Waals surface area (Å²) in [6.07, 6.45) is 0. The molecule has 0 aliphatic heterocycles. The second-order valence-electron chi connectivity index (χ2n) is 3.78. The van der Waals surface area contributed by atoms with Crippen molar-refractivity contribution < 1.29 is 13.6 Å². The lowest BCUT2D eigenvalue weighted by atomic mass is 10.2. The molecule has 2 rings (SSSR count). The summed E-state index contributed by atoms with van der Waals surface area (Å²) in [6, 6.07) is 9.06. The first-order chi connectivity index (χ1) is 9.86. The van der Waals surface area contributed by atoms with Crippen LogP contribution >= 0.6 is 0 Å². The van der Waals surface area contributed by atoms with Crippen molar-refractivity contribution in [1.82, 2.24) is 9.78 Å². The van der Waals surface area contributed by atoms with E-state index < -0.39 is 12.8 Å². The maximum Gasteiger partial charge on any atom is 0.341 e. The molecular weight excluding hydrogens is 228 g/mol. The molecule has 94 valence electrons. The molecule has 1 aromatic carbocycles. The van der Waals surface area contributed by atoms with Gasteiger partial charge < -0.3 is 4.74 Å². The van der Waals surface area contributed by atoms with E-state index in [0.29, 0.717) is 11.4 Å². The van der Waals surface area contributed by atoms with E-state index >= 15 is 0 Å². The van der Waals surface area contributed by atoms with Gasteiger partial charge in [0.1, 0.15) is 5.56 Å². The summed E-state index contributed by atoms with van der Waals surface area (Å²) in [6.45, 7) is 1.02. The third kappa shape index (κ3) is 2.14. The van der Waals surface area contributed by atoms with Gasteiger partial charge in [-0.15, -0.1) is 0 Å². The lowest BCUT2D eigenvalue weighted by Crippen LogP contribution is -2.07. The van der Waals surface area contributed by atoms with Crippen LogP contribution in [0.25, 0.3) is 5.69 Å². The number of hydrogen-bond acceptors (Lipinski definition) is 3. The van der Waals surface area contributed by atoms with Crippen LogP contribution in [0.2, 0.25) is 0 Å². The molecule has 0 radical (unpaired) electrons. The number of hydrogen-bond donors (Lipinski definition) is 0. The van der Waals surface area contributed by atoms with Crippen molar-refractivity contribution in [1.29, 1.82) is 0 Å². The quantitative estimate of drug-likeness (QED) is 0.783. The smallest absolute Gasteiger partial charge is 0.341 e. The molecule has 4 heteroatoms. The van der Waals surface area contributed by atoms with E-state index in [1.54, 1.807) is 26.0 Å². The number of nitrogens with zero attached hydrogens (tertiary/aromatic N) is 2. The van der Waals surface area contributed by atoms with E-state index in [2.05, 4.69) is 5.10 Å². The lowest BCUT2D eigenvalue weighted by Gasteiger charge is -2.04. The third-order valence-corrected chi connectivity index (χ3v) is 2.60. The predicted molar refractivity (Wildman–Crippen MR) is 69.0 cm³/mol. The van der Waals surface area contributed by atoms with E-state index in [4.69, 9.17) is 8.85 Å². The first-order valence-electron chi connectivity index (χ1n) is 7.19. The van der Waals surface area contributed by atoms with Crippen LogP contribution in [-0.4, -0.2) is 22.4 Å². The van der Waals surface area contributed by atoms with Gasteiger partial charge in [-0.2, -0.15) is 5.10 Å². The van der Waals surface area contributed by atoms with Crippen molar-refractivity contribution in [3.63, 3.8) is 0 Å². The van der Waals surface area contributed by atoms with Gasteiger partial charge in [-0.1, -0.05) is 18.2 Å². The summed E-state index contributed by atoms with van der Waals surface area (Å²) in [5.74, 6) is -0.664. The summed E-state index contributed by atoms with van der Waals surface area (Å²) in [5, 5.41) is 4.11. The molecule has 4 nitrogen and oxygen atoms in total. The average molecular weight is 247 g/mol. The minimum Gasteiger partial charge on any atom is -0.462 e. The van der Waals surface area contributed by atoms with Crippen LogP contribution in [-0.2, 0) is 4.74 Å². The summed E-state index contributed by atoms with van der Waals surface area (Å²) < 4.78 is 29.1. The largest absolute Gasteiger partial charge is 0.462 e. The highest BCUT2D eigenvalue weighted by molar-refractivity contribution is 5.92. The Balaban J connectivity index is 2.63. The van der Waals surface area contributed by atoms with Crippen molar-refractivity contribution in [2.24, 2.45) is 0 Å². The van der Waals surface area contributed by atoms with E-state index in [1.807, 2.05) is 18.2 Å². The molecule has 0 amide bonds. The Labute approximate surface area is 110 Å². The molecular formula is C14H16N2O2. The molecule has 0 saturated heterocycles. The standard InChI is InChI=1S/C14H16N2O2/c1-4-18-14(17)13-10(2)15-16(11(13)3)12-8-6-5-7-9-12/h5-9H,4H2,1-3H3/i2D3. The topological polar surface area (TPSA) is 44.1 Å². The number of carbonyl (C=O) groups excluding carboxylic acids is 1. The van der Waals surface area contributed by atoms with Gasteiger partial charge in [0.2, 0.25) is 0 Å². The van der Waals surface area contributed by atoms with E-state index in [9.17, 15) is 4.79 Å². The number of esters is 1. The molecule has 1 heterocycles. The number of aromatic nitrogens is 2. The van der Waals surface area contributed by atoms with E-state index in [0.717, 1.165) is 0 Å². The summed E-state index contributed by atoms with van der Waals surface area (Å²) >= 11 is 0. The highest BCUT2D eigenvalue weighted by Crippen LogP contribution is 2.18. The maximum atomic E-state index is 12.1. The fraction of sp³-hybridized carbons (Fsp3) is 0.286. The van der Waals surface area contributed by atoms with E-state index in [1.165, 1.54) is 4.68 Å². The number of ether oxygens (including phenoxy) is 1. The molecule has 18 heavy (non-hydrogen) atoms. The number of benzene rings is 1. The van der Waals surface area contributed by atoms with Crippen molar-refractivity contribution in [2.75, 3.05) is 6.61 Å². The molecule has 0 fully saturated rings. The molecule has 0 N–H and O–H groups in total. The van der Waals surface area contributed by atoms with Crippen LogP contribution in [0.4, 0.5) is 0 Å². The Hall–Kier alpha value is -2.10. The van der Waals surface area contributed by atoms with Gasteiger partial charge in [-0.25, -0.2) is 9.48 Å². The van der Waals surface area contributed by atoms with E-state index in [-0.39, 0.29) is 17.9 Å². The van der Waals surface area contributed by atoms with Crippen molar-refractivity contribution in [3.05, 3.63) is 47.3 Å². The summed E-state index contributed by atoms with van der Waals surface area (Å²) in [5.41, 5.74) is 0.921. The number of carbonyl (C=O) groups is 1. The average Bonchev–Trinajstić information content (AvgIpc) is 2.78. The molecule has 0 aliphatic carbocycles. The van der Waals surface area contributed by atoms with Crippen LogP contribution in [0, 0.1) is 13.8 Å². The minimum atomic E-state index is -2.48. The molecule has 1 aromatic heterocycles. The number of para-hydroxylation sites is 1. The van der Waals surface area contributed by atoms with Crippen LogP contribution in [0.15, 0.2) is 30.3 Å². The molecule has 2 aromatic rings. The number of aryl methyl sites for hydroxylation is 1. The first kappa shape index (κ1) is 8.91. The van der Waals surface area contributed by atoms with Crippen molar-refractivity contribution in [2.45, 2.75) is 20.7 Å². The van der Waals surface area contributed by atoms with Gasteiger partial charge in [0, 0.05) is 4.11 Å². The SMILES string of the molecule is [2H]C([2H])([2H])c1nn(-c2ccccc2)c(C)c1C(=O)OCC. The molecule has 0 bridgehead atoms. The second-order valence-corrected chi connectivity index (χ2v) is 3.78. The fourth-order valence-corrected chi connectivity index (χ4v) is 1.77. The molecule has 0 spiro atoms. The van der Waals surface area contributed by atoms with Crippen molar-refractivity contribution in [3.8, 4) is 5.69 Å². The maximum absolute atomic E-state index is 12.1. The van der Waals surface area contributed by atoms with Gasteiger partial charge in [-0.3, -0.25) is 0 Å². The van der Waals surface area contributed by atoms with Crippen LogP contribution in [0.1, 0.15) is 32.8 Å². The van der Waals surface area contributed by atoms with Crippen LogP contribution in [0.5, 0.6) is 0 Å². The first-order valence-corrected chi connectivity index (χ1v) is 5.69. The molecule has 0 atom stereocenters. The van der Waals surface area contributed by atoms with Crippen LogP contribution in [0.3, 0.4) is 0 Å². The second kappa shape index (κ2) is 5.04. The molecule has 0 unspecified atom stereocenters. The normalized spacial score (nSPS) is 13.6. The van der Waals surface area contributed by atoms with Gasteiger partial charge >= 0.3 is 5.97 Å². The summed E-state index contributed by atoms with van der Waals surface area (Å²) in [4.78, 5) is 12.1. The Kier molecular flexibility index (Phi) is 2.50. The lowest BCUT2D eigenvalue weighted by molar-refractivity contribution is 0.0524. The molecule has 0 aliphatic rings. The zero-order valence-electron chi connectivity index (χ0n) is 13.3. The minimum absolute atomic E-state index is 0.0145. The predicted octanol–water partition coefficient (Wildman–Crippen LogP) is 2.67. The number of rotatable bonds is 3. The Morgan fingerprint density at radius 3 is 2.78 bits per heavy atom. The Bertz CT molecular complexity index is 648. The van der Waals surface area contributed by atoms with Gasteiger partial charge in [0.15, 0.2) is 0 Å². The highest BCUT2D eigenvalue weighted by Gasteiger charge is 2.20. The zero-order chi connectivity index (χ0) is 15.6. The van der Waals surface area contributed by atoms with Crippen molar-refractivity contribution >= 4 is 5.97 Å². The van der Waals surface area contributed by atoms with Gasteiger partial charge in [-0.05, 0) is 32.8 Å². The van der Waals surface area contributed by atoms with Gasteiger partial charge in [0.05, 0.1) is 23.7 Å². The fourth-order valence-electron chi connectivity index (χ4n) is 1.77.